The van der Waals surface area contributed by atoms with Crippen molar-refractivity contribution >= 4 is 11.8 Å². The third kappa shape index (κ3) is 2.52. The lowest BCUT2D eigenvalue weighted by atomic mass is 10.0. The van der Waals surface area contributed by atoms with Gasteiger partial charge in [0.1, 0.15) is 6.04 Å². The molecule has 0 aromatic rings. The van der Waals surface area contributed by atoms with Gasteiger partial charge in [-0.05, 0) is 19.9 Å². The number of carbonyl (C=O) groups is 2. The molecule has 16 heavy (non-hydrogen) atoms. The number of amides is 2. The van der Waals surface area contributed by atoms with E-state index in [1.807, 2.05) is 4.90 Å². The Labute approximate surface area is 95.8 Å². The normalized spacial score (nSPS) is 27.7. The molecule has 2 aliphatic heterocycles. The average molecular weight is 225 g/mol. The zero-order chi connectivity index (χ0) is 11.5. The molecule has 2 heterocycles. The summed E-state index contributed by atoms with van der Waals surface area (Å²) in [5, 5.41) is 2.78. The van der Waals surface area contributed by atoms with Crippen molar-refractivity contribution in [2.24, 2.45) is 0 Å². The monoisotopic (exact) mass is 225 g/mol. The van der Waals surface area contributed by atoms with Gasteiger partial charge in [-0.15, -0.1) is 0 Å². The van der Waals surface area contributed by atoms with Crippen LogP contribution in [-0.4, -0.2) is 60.9 Å². The molecule has 2 aliphatic rings. The van der Waals surface area contributed by atoms with E-state index < -0.39 is 0 Å². The average Bonchev–Trinajstić information content (AvgIpc) is 2.29. The molecule has 0 aliphatic carbocycles. The summed E-state index contributed by atoms with van der Waals surface area (Å²) in [6, 6.07) is -0.273. The number of hydrogen-bond acceptors (Lipinski definition) is 3. The Balaban J connectivity index is 1.89. The van der Waals surface area contributed by atoms with Gasteiger partial charge in [-0.25, -0.2) is 0 Å². The molecule has 90 valence electrons. The second-order valence-electron chi connectivity index (χ2n) is 4.64. The predicted octanol–water partition coefficient (Wildman–Crippen LogP) is -0.571. The molecular weight excluding hydrogens is 206 g/mol. The number of piperazine rings is 1. The summed E-state index contributed by atoms with van der Waals surface area (Å²) in [7, 11) is 2.06. The maximum atomic E-state index is 12.1. The Hall–Kier alpha value is -1.10. The lowest BCUT2D eigenvalue weighted by Gasteiger charge is -2.35. The zero-order valence-corrected chi connectivity index (χ0v) is 9.74. The van der Waals surface area contributed by atoms with Gasteiger partial charge in [0, 0.05) is 32.6 Å². The van der Waals surface area contributed by atoms with Crippen LogP contribution < -0.4 is 5.32 Å². The predicted molar refractivity (Wildman–Crippen MR) is 59.9 cm³/mol. The van der Waals surface area contributed by atoms with E-state index in [9.17, 15) is 9.59 Å². The molecule has 2 saturated heterocycles. The maximum absolute atomic E-state index is 12.1. The van der Waals surface area contributed by atoms with Gasteiger partial charge in [0.2, 0.25) is 11.8 Å². The largest absolute Gasteiger partial charge is 0.344 e. The number of carbonyl (C=O) groups excluding carboxylic acids is 2. The first-order chi connectivity index (χ1) is 7.66. The number of nitrogens with zero attached hydrogens (tertiary/aromatic N) is 2. The molecule has 1 atom stereocenters. The highest BCUT2D eigenvalue weighted by atomic mass is 16.2. The SMILES string of the molecule is CN1CCN(C(=O)C2CCCC(=O)N2)CC1. The second kappa shape index (κ2) is 4.82. The van der Waals surface area contributed by atoms with Crippen LogP contribution in [0.25, 0.3) is 0 Å². The molecule has 1 N–H and O–H groups in total. The molecule has 0 bridgehead atoms. The minimum Gasteiger partial charge on any atom is -0.344 e. The second-order valence-corrected chi connectivity index (χ2v) is 4.64. The van der Waals surface area contributed by atoms with Crippen LogP contribution in [0.15, 0.2) is 0 Å². The molecule has 1 unspecified atom stereocenters. The van der Waals surface area contributed by atoms with Crippen LogP contribution in [0.2, 0.25) is 0 Å². The summed E-state index contributed by atoms with van der Waals surface area (Å²) >= 11 is 0. The highest BCUT2D eigenvalue weighted by Gasteiger charge is 2.29. The van der Waals surface area contributed by atoms with Crippen LogP contribution >= 0.6 is 0 Å². The molecule has 5 nitrogen and oxygen atoms in total. The molecule has 0 aromatic carbocycles. The molecule has 0 radical (unpaired) electrons. The third-order valence-corrected chi connectivity index (χ3v) is 3.34. The van der Waals surface area contributed by atoms with Gasteiger partial charge in [-0.1, -0.05) is 0 Å². The van der Waals surface area contributed by atoms with Crippen molar-refractivity contribution < 1.29 is 9.59 Å². The van der Waals surface area contributed by atoms with E-state index in [4.69, 9.17) is 0 Å². The summed E-state index contributed by atoms with van der Waals surface area (Å²) in [5.74, 6) is 0.111. The summed E-state index contributed by atoms with van der Waals surface area (Å²) in [6.45, 7) is 3.40. The smallest absolute Gasteiger partial charge is 0.245 e. The van der Waals surface area contributed by atoms with Crippen molar-refractivity contribution in [3.63, 3.8) is 0 Å². The minimum absolute atomic E-state index is 0.0127. The summed E-state index contributed by atoms with van der Waals surface area (Å²) < 4.78 is 0. The van der Waals surface area contributed by atoms with E-state index in [0.29, 0.717) is 6.42 Å². The van der Waals surface area contributed by atoms with Gasteiger partial charge in [0.25, 0.3) is 0 Å². The van der Waals surface area contributed by atoms with Gasteiger partial charge in [-0.2, -0.15) is 0 Å². The fourth-order valence-electron chi connectivity index (χ4n) is 2.24. The third-order valence-electron chi connectivity index (χ3n) is 3.34. The van der Waals surface area contributed by atoms with Crippen LogP contribution in [0.5, 0.6) is 0 Å². The maximum Gasteiger partial charge on any atom is 0.245 e. The van der Waals surface area contributed by atoms with Crippen molar-refractivity contribution in [2.75, 3.05) is 33.2 Å². The first-order valence-corrected chi connectivity index (χ1v) is 5.93. The first kappa shape index (κ1) is 11.4. The van der Waals surface area contributed by atoms with E-state index >= 15 is 0 Å². The van der Waals surface area contributed by atoms with Crippen molar-refractivity contribution in [3.8, 4) is 0 Å². The topological polar surface area (TPSA) is 52.7 Å². The summed E-state index contributed by atoms with van der Waals surface area (Å²) in [5.41, 5.74) is 0. The van der Waals surface area contributed by atoms with Crippen molar-refractivity contribution in [2.45, 2.75) is 25.3 Å². The number of hydrogen-bond donors (Lipinski definition) is 1. The van der Waals surface area contributed by atoms with Crippen LogP contribution in [0.4, 0.5) is 0 Å². The molecule has 2 rings (SSSR count). The van der Waals surface area contributed by atoms with E-state index in [1.54, 1.807) is 0 Å². The van der Waals surface area contributed by atoms with Crippen LogP contribution in [0, 0.1) is 0 Å². The molecule has 5 heteroatoms. The molecular formula is C11H19N3O2. The van der Waals surface area contributed by atoms with Crippen molar-refractivity contribution in [1.82, 2.24) is 15.1 Å². The molecule has 0 spiro atoms. The number of likely N-dealkylation sites (N-methyl/N-ethyl adjacent to an activating group) is 1. The van der Waals surface area contributed by atoms with Crippen LogP contribution in [-0.2, 0) is 9.59 Å². The van der Waals surface area contributed by atoms with Gasteiger partial charge in [-0.3, -0.25) is 9.59 Å². The van der Waals surface area contributed by atoms with E-state index in [-0.39, 0.29) is 17.9 Å². The fraction of sp³-hybridized carbons (Fsp3) is 0.818. The van der Waals surface area contributed by atoms with E-state index in [1.165, 1.54) is 0 Å². The van der Waals surface area contributed by atoms with E-state index in [2.05, 4.69) is 17.3 Å². The van der Waals surface area contributed by atoms with Gasteiger partial charge >= 0.3 is 0 Å². The summed E-state index contributed by atoms with van der Waals surface area (Å²) in [6.07, 6.45) is 2.18. The number of nitrogens with one attached hydrogen (secondary N) is 1. The molecule has 0 aromatic heterocycles. The number of piperidine rings is 1. The fourth-order valence-corrected chi connectivity index (χ4v) is 2.24. The van der Waals surface area contributed by atoms with Gasteiger partial charge in [0.15, 0.2) is 0 Å². The number of rotatable bonds is 1. The van der Waals surface area contributed by atoms with E-state index in [0.717, 1.165) is 39.0 Å². The van der Waals surface area contributed by atoms with Crippen molar-refractivity contribution in [1.29, 1.82) is 0 Å². The van der Waals surface area contributed by atoms with Crippen LogP contribution in [0.3, 0.4) is 0 Å². The molecule has 2 fully saturated rings. The minimum atomic E-state index is -0.273. The lowest BCUT2D eigenvalue weighted by Crippen LogP contribution is -2.55. The zero-order valence-electron chi connectivity index (χ0n) is 9.74. The Morgan fingerprint density at radius 1 is 1.31 bits per heavy atom. The highest BCUT2D eigenvalue weighted by molar-refractivity contribution is 5.88. The van der Waals surface area contributed by atoms with Gasteiger partial charge < -0.3 is 15.1 Å². The standard InChI is InChI=1S/C11H19N3O2/c1-13-5-7-14(8-6-13)11(16)9-3-2-4-10(15)12-9/h9H,2-8H2,1H3,(H,12,15). The Kier molecular flexibility index (Phi) is 3.43. The quantitative estimate of drug-likeness (QED) is 0.650. The summed E-state index contributed by atoms with van der Waals surface area (Å²) in [4.78, 5) is 27.4. The Morgan fingerprint density at radius 3 is 2.62 bits per heavy atom. The van der Waals surface area contributed by atoms with Gasteiger partial charge in [0.05, 0.1) is 0 Å². The molecule has 2 amide bonds. The Bertz CT molecular complexity index is 285. The van der Waals surface area contributed by atoms with Crippen molar-refractivity contribution in [3.05, 3.63) is 0 Å². The van der Waals surface area contributed by atoms with Crippen LogP contribution in [0.1, 0.15) is 19.3 Å². The highest BCUT2D eigenvalue weighted by Crippen LogP contribution is 2.12. The Morgan fingerprint density at radius 2 is 2.00 bits per heavy atom. The first-order valence-electron chi connectivity index (χ1n) is 5.93. The lowest BCUT2D eigenvalue weighted by molar-refractivity contribution is -0.139. The molecule has 0 saturated carbocycles.